The summed E-state index contributed by atoms with van der Waals surface area (Å²) in [5, 5.41) is 2.96. The van der Waals surface area contributed by atoms with Crippen molar-refractivity contribution in [2.75, 3.05) is 6.54 Å². The second-order valence-electron chi connectivity index (χ2n) is 2.63. The smallest absolute Gasteiger partial charge is 0.0885 e. The van der Waals surface area contributed by atoms with Crippen LogP contribution in [0, 0.1) is 5.92 Å². The standard InChI is InChI=1S/C7H16N2/c1-6(2)4-5-9-7(3)8/h6,9H,3-5,8H2,1-2H3. The number of rotatable bonds is 4. The third kappa shape index (κ3) is 7.34. The number of hydrogen-bond acceptors (Lipinski definition) is 2. The maximum Gasteiger partial charge on any atom is 0.0885 e. The van der Waals surface area contributed by atoms with Crippen LogP contribution in [0.15, 0.2) is 12.4 Å². The van der Waals surface area contributed by atoms with Gasteiger partial charge in [0.2, 0.25) is 0 Å². The van der Waals surface area contributed by atoms with Gasteiger partial charge in [0.25, 0.3) is 0 Å². The molecule has 9 heavy (non-hydrogen) atoms. The molecule has 0 aliphatic rings. The van der Waals surface area contributed by atoms with Crippen molar-refractivity contribution < 1.29 is 0 Å². The molecule has 0 unspecified atom stereocenters. The van der Waals surface area contributed by atoms with Crippen molar-refractivity contribution >= 4 is 0 Å². The van der Waals surface area contributed by atoms with E-state index in [1.54, 1.807) is 0 Å². The van der Waals surface area contributed by atoms with Gasteiger partial charge in [0.15, 0.2) is 0 Å². The number of nitrogens with two attached hydrogens (primary N) is 1. The largest absolute Gasteiger partial charge is 0.386 e. The van der Waals surface area contributed by atoms with E-state index >= 15 is 0 Å². The summed E-state index contributed by atoms with van der Waals surface area (Å²) in [6.45, 7) is 8.82. The van der Waals surface area contributed by atoms with Crippen molar-refractivity contribution in [2.45, 2.75) is 20.3 Å². The first kappa shape index (κ1) is 8.34. The molecule has 0 aromatic heterocycles. The van der Waals surface area contributed by atoms with Crippen LogP contribution in [0.4, 0.5) is 0 Å². The van der Waals surface area contributed by atoms with E-state index in [4.69, 9.17) is 5.73 Å². The summed E-state index contributed by atoms with van der Waals surface area (Å²) in [5.74, 6) is 1.30. The van der Waals surface area contributed by atoms with E-state index in [0.29, 0.717) is 5.82 Å². The van der Waals surface area contributed by atoms with Crippen molar-refractivity contribution in [3.05, 3.63) is 12.4 Å². The second kappa shape index (κ2) is 4.24. The first-order valence-electron chi connectivity index (χ1n) is 3.31. The Labute approximate surface area is 57.1 Å². The normalized spacial score (nSPS) is 9.67. The quantitative estimate of drug-likeness (QED) is 0.594. The molecule has 54 valence electrons. The van der Waals surface area contributed by atoms with Gasteiger partial charge in [-0.15, -0.1) is 0 Å². The third-order valence-electron chi connectivity index (χ3n) is 1.07. The molecule has 0 heterocycles. The van der Waals surface area contributed by atoms with Crippen molar-refractivity contribution in [3.8, 4) is 0 Å². The van der Waals surface area contributed by atoms with Gasteiger partial charge in [0.1, 0.15) is 0 Å². The highest BCUT2D eigenvalue weighted by molar-refractivity contribution is 4.81. The van der Waals surface area contributed by atoms with Gasteiger partial charge in [-0.3, -0.25) is 0 Å². The zero-order valence-electron chi connectivity index (χ0n) is 6.28. The topological polar surface area (TPSA) is 38.0 Å². The minimum absolute atomic E-state index is 0.565. The molecule has 0 saturated carbocycles. The summed E-state index contributed by atoms with van der Waals surface area (Å²) in [4.78, 5) is 0. The Kier molecular flexibility index (Phi) is 3.93. The Bertz CT molecular complexity index is 86.9. The molecule has 0 aliphatic carbocycles. The maximum absolute atomic E-state index is 5.27. The summed E-state index contributed by atoms with van der Waals surface area (Å²) in [5.41, 5.74) is 5.27. The van der Waals surface area contributed by atoms with Crippen LogP contribution < -0.4 is 11.1 Å². The lowest BCUT2D eigenvalue weighted by atomic mass is 10.1. The minimum atomic E-state index is 0.565. The van der Waals surface area contributed by atoms with E-state index in [-0.39, 0.29) is 0 Å². The summed E-state index contributed by atoms with van der Waals surface area (Å²) < 4.78 is 0. The Hall–Kier alpha value is -0.660. The molecule has 0 aromatic rings. The molecular weight excluding hydrogens is 112 g/mol. The molecule has 2 heteroatoms. The average molecular weight is 128 g/mol. The molecule has 0 atom stereocenters. The molecule has 0 fully saturated rings. The van der Waals surface area contributed by atoms with Crippen LogP contribution in [0.25, 0.3) is 0 Å². The average Bonchev–Trinajstić information content (AvgIpc) is 1.63. The Morgan fingerprint density at radius 3 is 2.56 bits per heavy atom. The molecule has 0 amide bonds. The van der Waals surface area contributed by atoms with Crippen molar-refractivity contribution in [2.24, 2.45) is 11.7 Å². The highest BCUT2D eigenvalue weighted by Crippen LogP contribution is 1.95. The van der Waals surface area contributed by atoms with Crippen LogP contribution in [0.2, 0.25) is 0 Å². The summed E-state index contributed by atoms with van der Waals surface area (Å²) in [6.07, 6.45) is 1.15. The monoisotopic (exact) mass is 128 g/mol. The summed E-state index contributed by atoms with van der Waals surface area (Å²) >= 11 is 0. The summed E-state index contributed by atoms with van der Waals surface area (Å²) in [6, 6.07) is 0. The molecule has 0 rings (SSSR count). The molecule has 0 aromatic carbocycles. The molecule has 3 N–H and O–H groups in total. The van der Waals surface area contributed by atoms with Crippen molar-refractivity contribution in [1.82, 2.24) is 5.32 Å². The van der Waals surface area contributed by atoms with Gasteiger partial charge in [-0.25, -0.2) is 0 Å². The van der Waals surface area contributed by atoms with E-state index in [0.717, 1.165) is 18.9 Å². The van der Waals surface area contributed by atoms with Crippen LogP contribution in [0.3, 0.4) is 0 Å². The third-order valence-corrected chi connectivity index (χ3v) is 1.07. The highest BCUT2D eigenvalue weighted by atomic mass is 15.0. The van der Waals surface area contributed by atoms with E-state index in [2.05, 4.69) is 25.7 Å². The molecule has 0 radical (unpaired) electrons. The second-order valence-corrected chi connectivity index (χ2v) is 2.63. The maximum atomic E-state index is 5.27. The van der Waals surface area contributed by atoms with Gasteiger partial charge in [0.05, 0.1) is 5.82 Å². The Morgan fingerprint density at radius 1 is 1.67 bits per heavy atom. The van der Waals surface area contributed by atoms with E-state index in [1.165, 1.54) is 0 Å². The highest BCUT2D eigenvalue weighted by Gasteiger charge is 1.91. The predicted octanol–water partition coefficient (Wildman–Crippen LogP) is 1.05. The molecule has 0 spiro atoms. The zero-order chi connectivity index (χ0) is 7.28. The fourth-order valence-corrected chi connectivity index (χ4v) is 0.521. The molecule has 0 bridgehead atoms. The number of hydrogen-bond donors (Lipinski definition) is 2. The lowest BCUT2D eigenvalue weighted by Crippen LogP contribution is -2.20. The van der Waals surface area contributed by atoms with Crippen LogP contribution in [-0.4, -0.2) is 6.54 Å². The molecule has 0 aliphatic heterocycles. The van der Waals surface area contributed by atoms with Gasteiger partial charge >= 0.3 is 0 Å². The zero-order valence-corrected chi connectivity index (χ0v) is 6.28. The van der Waals surface area contributed by atoms with Crippen LogP contribution in [0.1, 0.15) is 20.3 Å². The van der Waals surface area contributed by atoms with Crippen molar-refractivity contribution in [1.29, 1.82) is 0 Å². The van der Waals surface area contributed by atoms with Gasteiger partial charge in [-0.1, -0.05) is 20.4 Å². The predicted molar refractivity (Wildman–Crippen MR) is 40.8 cm³/mol. The van der Waals surface area contributed by atoms with Crippen LogP contribution in [0.5, 0.6) is 0 Å². The lowest BCUT2D eigenvalue weighted by Gasteiger charge is -2.05. The Balaban J connectivity index is 3.01. The van der Waals surface area contributed by atoms with Gasteiger partial charge < -0.3 is 11.1 Å². The first-order valence-corrected chi connectivity index (χ1v) is 3.31. The van der Waals surface area contributed by atoms with Gasteiger partial charge in [-0.05, 0) is 12.3 Å². The van der Waals surface area contributed by atoms with Crippen LogP contribution >= 0.6 is 0 Å². The van der Waals surface area contributed by atoms with Crippen LogP contribution in [-0.2, 0) is 0 Å². The van der Waals surface area contributed by atoms with Crippen molar-refractivity contribution in [3.63, 3.8) is 0 Å². The SMILES string of the molecule is C=C(N)NCCC(C)C. The fourth-order valence-electron chi connectivity index (χ4n) is 0.521. The molecule has 0 saturated heterocycles. The van der Waals surface area contributed by atoms with E-state index in [9.17, 15) is 0 Å². The minimum Gasteiger partial charge on any atom is -0.386 e. The van der Waals surface area contributed by atoms with E-state index in [1.807, 2.05) is 0 Å². The van der Waals surface area contributed by atoms with Gasteiger partial charge in [0, 0.05) is 6.54 Å². The fraction of sp³-hybridized carbons (Fsp3) is 0.714. The van der Waals surface area contributed by atoms with E-state index < -0.39 is 0 Å². The molecular formula is C7H16N2. The Morgan fingerprint density at radius 2 is 2.22 bits per heavy atom. The number of nitrogens with one attached hydrogen (secondary N) is 1. The lowest BCUT2D eigenvalue weighted by molar-refractivity contribution is 0.562. The molecule has 2 nitrogen and oxygen atoms in total. The summed E-state index contributed by atoms with van der Waals surface area (Å²) in [7, 11) is 0. The van der Waals surface area contributed by atoms with Gasteiger partial charge in [-0.2, -0.15) is 0 Å². The first-order chi connectivity index (χ1) is 4.13.